The molecular weight excluding hydrogens is 270 g/mol. The predicted octanol–water partition coefficient (Wildman–Crippen LogP) is 2.30. The summed E-state index contributed by atoms with van der Waals surface area (Å²) < 4.78 is 11.0. The van der Waals surface area contributed by atoms with E-state index >= 15 is 0 Å². The van der Waals surface area contributed by atoms with Crippen molar-refractivity contribution in [3.05, 3.63) is 18.2 Å². The molecule has 2 N–H and O–H groups in total. The molecule has 1 fully saturated rings. The number of pyridine rings is 1. The summed E-state index contributed by atoms with van der Waals surface area (Å²) in [5.41, 5.74) is 5.14. The SMILES string of the molecule is CC(C)(C)OC(=O)N1CCC(COc2cccc(N)n2)C1. The lowest BCUT2D eigenvalue weighted by atomic mass is 10.1. The fraction of sp³-hybridized carbons (Fsp3) is 0.600. The zero-order chi connectivity index (χ0) is 15.5. The van der Waals surface area contributed by atoms with Crippen molar-refractivity contribution in [2.75, 3.05) is 25.4 Å². The minimum Gasteiger partial charge on any atom is -0.477 e. The first-order valence-electron chi connectivity index (χ1n) is 7.17. The van der Waals surface area contributed by atoms with Crippen molar-refractivity contribution >= 4 is 11.9 Å². The summed E-state index contributed by atoms with van der Waals surface area (Å²) in [6, 6.07) is 5.29. The van der Waals surface area contributed by atoms with E-state index in [9.17, 15) is 4.79 Å². The molecule has 1 aliphatic rings. The van der Waals surface area contributed by atoms with Crippen LogP contribution in [0.1, 0.15) is 27.2 Å². The van der Waals surface area contributed by atoms with Crippen LogP contribution in [0.25, 0.3) is 0 Å². The summed E-state index contributed by atoms with van der Waals surface area (Å²) in [5, 5.41) is 0. The molecule has 1 aliphatic heterocycles. The number of carbonyl (C=O) groups excluding carboxylic acids is 1. The van der Waals surface area contributed by atoms with Gasteiger partial charge in [0.05, 0.1) is 6.61 Å². The maximum absolute atomic E-state index is 12.0. The molecule has 0 radical (unpaired) electrons. The van der Waals surface area contributed by atoms with Crippen LogP contribution in [0.5, 0.6) is 5.88 Å². The zero-order valence-electron chi connectivity index (χ0n) is 12.8. The second-order valence-electron chi connectivity index (χ2n) is 6.29. The van der Waals surface area contributed by atoms with Gasteiger partial charge in [0, 0.05) is 25.1 Å². The molecule has 6 heteroatoms. The van der Waals surface area contributed by atoms with E-state index in [4.69, 9.17) is 15.2 Å². The highest BCUT2D eigenvalue weighted by molar-refractivity contribution is 5.68. The number of aromatic nitrogens is 1. The maximum atomic E-state index is 12.0. The van der Waals surface area contributed by atoms with Crippen LogP contribution in [-0.4, -0.2) is 41.3 Å². The Morgan fingerprint density at radius 2 is 2.24 bits per heavy atom. The number of rotatable bonds is 3. The summed E-state index contributed by atoms with van der Waals surface area (Å²) in [6.45, 7) is 7.48. The molecule has 1 saturated heterocycles. The van der Waals surface area contributed by atoms with Crippen LogP contribution < -0.4 is 10.5 Å². The van der Waals surface area contributed by atoms with Crippen LogP contribution in [0.15, 0.2) is 18.2 Å². The lowest BCUT2D eigenvalue weighted by Crippen LogP contribution is -2.35. The monoisotopic (exact) mass is 293 g/mol. The summed E-state index contributed by atoms with van der Waals surface area (Å²) >= 11 is 0. The van der Waals surface area contributed by atoms with E-state index in [1.165, 1.54) is 0 Å². The second kappa shape index (κ2) is 6.20. The van der Waals surface area contributed by atoms with Gasteiger partial charge in [0.15, 0.2) is 0 Å². The quantitative estimate of drug-likeness (QED) is 0.925. The summed E-state index contributed by atoms with van der Waals surface area (Å²) in [6.07, 6.45) is 0.647. The first-order valence-corrected chi connectivity index (χ1v) is 7.17. The molecule has 0 aliphatic carbocycles. The van der Waals surface area contributed by atoms with E-state index in [1.54, 1.807) is 23.1 Å². The minimum atomic E-state index is -0.461. The first-order chi connectivity index (χ1) is 9.83. The number of likely N-dealkylation sites (tertiary alicyclic amines) is 1. The number of nitrogen functional groups attached to an aromatic ring is 1. The van der Waals surface area contributed by atoms with Crippen molar-refractivity contribution in [2.45, 2.75) is 32.8 Å². The zero-order valence-corrected chi connectivity index (χ0v) is 12.8. The van der Waals surface area contributed by atoms with Crippen molar-refractivity contribution in [2.24, 2.45) is 5.92 Å². The van der Waals surface area contributed by atoms with Crippen LogP contribution in [0, 0.1) is 5.92 Å². The van der Waals surface area contributed by atoms with Gasteiger partial charge in [-0.3, -0.25) is 0 Å². The van der Waals surface area contributed by atoms with E-state index in [1.807, 2.05) is 20.8 Å². The third-order valence-corrected chi connectivity index (χ3v) is 3.15. The smallest absolute Gasteiger partial charge is 0.410 e. The Morgan fingerprint density at radius 1 is 1.48 bits per heavy atom. The van der Waals surface area contributed by atoms with E-state index in [0.717, 1.165) is 6.42 Å². The number of hydrogen-bond acceptors (Lipinski definition) is 5. The molecule has 2 rings (SSSR count). The van der Waals surface area contributed by atoms with E-state index in [2.05, 4.69) is 4.98 Å². The highest BCUT2D eigenvalue weighted by Crippen LogP contribution is 2.20. The number of hydrogen-bond donors (Lipinski definition) is 1. The highest BCUT2D eigenvalue weighted by Gasteiger charge is 2.30. The molecule has 1 aromatic heterocycles. The number of carbonyl (C=O) groups is 1. The van der Waals surface area contributed by atoms with Crippen molar-refractivity contribution in [1.29, 1.82) is 0 Å². The largest absolute Gasteiger partial charge is 0.477 e. The molecular formula is C15H23N3O3. The Balaban J connectivity index is 1.79. The van der Waals surface area contributed by atoms with Gasteiger partial charge in [-0.1, -0.05) is 6.07 Å². The molecule has 0 spiro atoms. The normalized spacial score (nSPS) is 18.6. The molecule has 1 amide bonds. The average Bonchev–Trinajstić information content (AvgIpc) is 2.83. The average molecular weight is 293 g/mol. The standard InChI is InChI=1S/C15H23N3O3/c1-15(2,3)21-14(19)18-8-7-11(9-18)10-20-13-6-4-5-12(16)17-13/h4-6,11H,7-10H2,1-3H3,(H2,16,17). The lowest BCUT2D eigenvalue weighted by Gasteiger charge is -2.24. The molecule has 21 heavy (non-hydrogen) atoms. The molecule has 0 aromatic carbocycles. The third-order valence-electron chi connectivity index (χ3n) is 3.15. The Kier molecular flexibility index (Phi) is 4.55. The molecule has 116 valence electrons. The number of anilines is 1. The van der Waals surface area contributed by atoms with Crippen molar-refractivity contribution in [1.82, 2.24) is 9.88 Å². The van der Waals surface area contributed by atoms with Gasteiger partial charge in [-0.2, -0.15) is 4.98 Å². The maximum Gasteiger partial charge on any atom is 0.410 e. The van der Waals surface area contributed by atoms with Crippen LogP contribution in [0.3, 0.4) is 0 Å². The van der Waals surface area contributed by atoms with Gasteiger partial charge in [0.1, 0.15) is 11.4 Å². The number of nitrogens with zero attached hydrogens (tertiary/aromatic N) is 2. The molecule has 2 heterocycles. The predicted molar refractivity (Wildman–Crippen MR) is 80.1 cm³/mol. The topological polar surface area (TPSA) is 77.7 Å². The van der Waals surface area contributed by atoms with Crippen molar-refractivity contribution < 1.29 is 14.3 Å². The van der Waals surface area contributed by atoms with Gasteiger partial charge >= 0.3 is 6.09 Å². The highest BCUT2D eigenvalue weighted by atomic mass is 16.6. The van der Waals surface area contributed by atoms with Gasteiger partial charge in [0.25, 0.3) is 0 Å². The summed E-state index contributed by atoms with van der Waals surface area (Å²) in [7, 11) is 0. The Hall–Kier alpha value is -1.98. The number of nitrogens with two attached hydrogens (primary N) is 1. The Bertz CT molecular complexity index is 499. The van der Waals surface area contributed by atoms with Crippen LogP contribution in [-0.2, 0) is 4.74 Å². The van der Waals surface area contributed by atoms with Gasteiger partial charge in [0.2, 0.25) is 5.88 Å². The van der Waals surface area contributed by atoms with E-state index in [-0.39, 0.29) is 6.09 Å². The van der Waals surface area contributed by atoms with Gasteiger partial charge < -0.3 is 20.1 Å². The van der Waals surface area contributed by atoms with Crippen LogP contribution in [0.2, 0.25) is 0 Å². The fourth-order valence-electron chi connectivity index (χ4n) is 2.18. The Labute approximate surface area is 125 Å². The number of amides is 1. The van der Waals surface area contributed by atoms with Gasteiger partial charge in [-0.05, 0) is 33.3 Å². The van der Waals surface area contributed by atoms with Crippen molar-refractivity contribution in [3.8, 4) is 5.88 Å². The van der Waals surface area contributed by atoms with Gasteiger partial charge in [-0.15, -0.1) is 0 Å². The molecule has 1 atom stereocenters. The van der Waals surface area contributed by atoms with Crippen LogP contribution in [0.4, 0.5) is 10.6 Å². The minimum absolute atomic E-state index is 0.257. The molecule has 0 saturated carbocycles. The summed E-state index contributed by atoms with van der Waals surface area (Å²) in [5.74, 6) is 1.25. The third kappa shape index (κ3) is 4.81. The Morgan fingerprint density at radius 3 is 2.90 bits per heavy atom. The fourth-order valence-corrected chi connectivity index (χ4v) is 2.18. The molecule has 1 unspecified atom stereocenters. The van der Waals surface area contributed by atoms with Crippen LogP contribution >= 0.6 is 0 Å². The first kappa shape index (κ1) is 15.4. The second-order valence-corrected chi connectivity index (χ2v) is 6.29. The number of ether oxygens (including phenoxy) is 2. The van der Waals surface area contributed by atoms with E-state index in [0.29, 0.717) is 37.3 Å². The molecule has 6 nitrogen and oxygen atoms in total. The van der Waals surface area contributed by atoms with E-state index < -0.39 is 5.60 Å². The lowest BCUT2D eigenvalue weighted by molar-refractivity contribution is 0.0284. The molecule has 1 aromatic rings. The molecule has 0 bridgehead atoms. The van der Waals surface area contributed by atoms with Gasteiger partial charge in [-0.25, -0.2) is 4.79 Å². The van der Waals surface area contributed by atoms with Crippen molar-refractivity contribution in [3.63, 3.8) is 0 Å². The summed E-state index contributed by atoms with van der Waals surface area (Å²) in [4.78, 5) is 17.8.